The molecular formula is C13H15Cl2N3OS. The zero-order valence-corrected chi connectivity index (χ0v) is 13.1. The standard InChI is InChI=1S/C13H14ClN3OS.ClH/c14-9-4-1-2-5-10(9)19-8-11-16-12(17-18-11)13(15)6-3-7-13;/h1-2,4-5H,3,6-8,15H2;1H. The van der Waals surface area contributed by atoms with Gasteiger partial charge in [0.05, 0.1) is 16.3 Å². The zero-order chi connectivity index (χ0) is 13.3. The van der Waals surface area contributed by atoms with Crippen LogP contribution in [-0.4, -0.2) is 10.1 Å². The maximum Gasteiger partial charge on any atom is 0.237 e. The Labute approximate surface area is 132 Å². The quantitative estimate of drug-likeness (QED) is 0.863. The van der Waals surface area contributed by atoms with Gasteiger partial charge in [-0.1, -0.05) is 28.9 Å². The van der Waals surface area contributed by atoms with Crippen molar-refractivity contribution in [1.29, 1.82) is 0 Å². The largest absolute Gasteiger partial charge is 0.338 e. The molecule has 1 aromatic heterocycles. The molecular weight excluding hydrogens is 317 g/mol. The molecule has 0 spiro atoms. The monoisotopic (exact) mass is 331 g/mol. The highest BCUT2D eigenvalue weighted by molar-refractivity contribution is 7.98. The van der Waals surface area contributed by atoms with Crippen molar-refractivity contribution in [1.82, 2.24) is 10.1 Å². The van der Waals surface area contributed by atoms with Crippen LogP contribution in [0.2, 0.25) is 5.02 Å². The van der Waals surface area contributed by atoms with Crippen molar-refractivity contribution in [3.05, 3.63) is 41.0 Å². The van der Waals surface area contributed by atoms with E-state index >= 15 is 0 Å². The first-order chi connectivity index (χ1) is 9.17. The maximum atomic E-state index is 6.16. The van der Waals surface area contributed by atoms with Crippen molar-refractivity contribution < 1.29 is 4.52 Å². The summed E-state index contributed by atoms with van der Waals surface area (Å²) in [7, 11) is 0. The molecule has 2 aromatic rings. The van der Waals surface area contributed by atoms with E-state index in [2.05, 4.69) is 10.1 Å². The second-order valence-corrected chi connectivity index (χ2v) is 6.16. The van der Waals surface area contributed by atoms with Crippen LogP contribution in [0.1, 0.15) is 31.0 Å². The van der Waals surface area contributed by atoms with Crippen molar-refractivity contribution >= 4 is 35.8 Å². The Balaban J connectivity index is 0.00000147. The molecule has 1 saturated carbocycles. The van der Waals surface area contributed by atoms with Gasteiger partial charge in [-0.05, 0) is 31.4 Å². The molecule has 1 aromatic carbocycles. The molecule has 108 valence electrons. The summed E-state index contributed by atoms with van der Waals surface area (Å²) < 4.78 is 5.24. The highest BCUT2D eigenvalue weighted by atomic mass is 35.5. The lowest BCUT2D eigenvalue weighted by atomic mass is 9.77. The summed E-state index contributed by atoms with van der Waals surface area (Å²) in [5, 5.41) is 4.72. The third kappa shape index (κ3) is 3.11. The van der Waals surface area contributed by atoms with Crippen LogP contribution in [0, 0.1) is 0 Å². The van der Waals surface area contributed by atoms with Crippen LogP contribution in [0.4, 0.5) is 0 Å². The van der Waals surface area contributed by atoms with E-state index in [0.717, 1.165) is 29.2 Å². The Morgan fingerprint density at radius 3 is 2.75 bits per heavy atom. The van der Waals surface area contributed by atoms with Crippen molar-refractivity contribution in [2.45, 2.75) is 35.4 Å². The van der Waals surface area contributed by atoms with E-state index in [9.17, 15) is 0 Å². The van der Waals surface area contributed by atoms with Gasteiger partial charge in [-0.25, -0.2) is 0 Å². The number of hydrogen-bond acceptors (Lipinski definition) is 5. The predicted molar refractivity (Wildman–Crippen MR) is 82.3 cm³/mol. The Kier molecular flexibility index (Phi) is 4.96. The van der Waals surface area contributed by atoms with Crippen LogP contribution in [0.5, 0.6) is 0 Å². The molecule has 0 saturated heterocycles. The number of nitrogens with two attached hydrogens (primary N) is 1. The molecule has 1 aliphatic carbocycles. The van der Waals surface area contributed by atoms with E-state index in [1.807, 2.05) is 24.3 Å². The topological polar surface area (TPSA) is 64.9 Å². The number of benzene rings is 1. The van der Waals surface area contributed by atoms with Gasteiger partial charge in [0, 0.05) is 4.90 Å². The van der Waals surface area contributed by atoms with Gasteiger partial charge in [0.1, 0.15) is 0 Å². The summed E-state index contributed by atoms with van der Waals surface area (Å²) >= 11 is 7.67. The summed E-state index contributed by atoms with van der Waals surface area (Å²) in [6.07, 6.45) is 3.00. The minimum Gasteiger partial charge on any atom is -0.338 e. The second kappa shape index (κ2) is 6.35. The third-order valence-corrected chi connectivity index (χ3v) is 4.85. The van der Waals surface area contributed by atoms with E-state index in [-0.39, 0.29) is 17.9 Å². The van der Waals surface area contributed by atoms with Gasteiger partial charge in [0.25, 0.3) is 0 Å². The van der Waals surface area contributed by atoms with E-state index in [1.54, 1.807) is 11.8 Å². The van der Waals surface area contributed by atoms with E-state index in [4.69, 9.17) is 21.9 Å². The molecule has 0 aliphatic heterocycles. The zero-order valence-electron chi connectivity index (χ0n) is 10.7. The first-order valence-electron chi connectivity index (χ1n) is 6.17. The van der Waals surface area contributed by atoms with Crippen molar-refractivity contribution in [3.8, 4) is 0 Å². The molecule has 0 amide bonds. The average Bonchev–Trinajstić information content (AvgIpc) is 2.84. The smallest absolute Gasteiger partial charge is 0.237 e. The summed E-state index contributed by atoms with van der Waals surface area (Å²) in [6, 6.07) is 7.70. The lowest BCUT2D eigenvalue weighted by molar-refractivity contribution is 0.229. The first kappa shape index (κ1) is 15.6. The van der Waals surface area contributed by atoms with E-state index < -0.39 is 0 Å². The highest BCUT2D eigenvalue weighted by Crippen LogP contribution is 2.37. The minimum atomic E-state index is -0.364. The predicted octanol–water partition coefficient (Wildman–Crippen LogP) is 3.78. The fourth-order valence-electron chi connectivity index (χ4n) is 2.00. The summed E-state index contributed by atoms with van der Waals surface area (Å²) in [5.41, 5.74) is 5.79. The van der Waals surface area contributed by atoms with Gasteiger partial charge in [-0.2, -0.15) is 4.98 Å². The molecule has 1 fully saturated rings. The highest BCUT2D eigenvalue weighted by Gasteiger charge is 2.38. The Bertz CT molecular complexity index is 587. The average molecular weight is 332 g/mol. The Hall–Kier alpha value is -0.750. The van der Waals surface area contributed by atoms with Crippen LogP contribution in [0.3, 0.4) is 0 Å². The molecule has 7 heteroatoms. The second-order valence-electron chi connectivity index (χ2n) is 4.74. The van der Waals surface area contributed by atoms with Crippen LogP contribution in [0.25, 0.3) is 0 Å². The number of hydrogen-bond donors (Lipinski definition) is 1. The molecule has 0 atom stereocenters. The summed E-state index contributed by atoms with van der Waals surface area (Å²) in [5.74, 6) is 1.83. The van der Waals surface area contributed by atoms with Crippen LogP contribution in [0.15, 0.2) is 33.7 Å². The Morgan fingerprint density at radius 2 is 2.10 bits per heavy atom. The number of nitrogens with zero attached hydrogens (tertiary/aromatic N) is 2. The third-order valence-electron chi connectivity index (χ3n) is 3.35. The molecule has 1 heterocycles. The number of rotatable bonds is 4. The van der Waals surface area contributed by atoms with E-state index in [1.165, 1.54) is 0 Å². The van der Waals surface area contributed by atoms with Gasteiger partial charge in [0.2, 0.25) is 5.89 Å². The maximum absolute atomic E-state index is 6.16. The summed E-state index contributed by atoms with van der Waals surface area (Å²) in [6.45, 7) is 0. The number of thioether (sulfide) groups is 1. The van der Waals surface area contributed by atoms with Crippen LogP contribution >= 0.6 is 35.8 Å². The molecule has 1 aliphatic rings. The van der Waals surface area contributed by atoms with E-state index in [0.29, 0.717) is 17.5 Å². The lowest BCUT2D eigenvalue weighted by Gasteiger charge is -2.34. The molecule has 3 rings (SSSR count). The van der Waals surface area contributed by atoms with Gasteiger partial charge < -0.3 is 10.3 Å². The van der Waals surface area contributed by atoms with Gasteiger partial charge in [-0.15, -0.1) is 24.2 Å². The molecule has 0 bridgehead atoms. The molecule has 2 N–H and O–H groups in total. The SMILES string of the molecule is Cl.NC1(c2noc(CSc3ccccc3Cl)n2)CCC1. The van der Waals surface area contributed by atoms with Gasteiger partial charge in [0.15, 0.2) is 5.82 Å². The first-order valence-corrected chi connectivity index (χ1v) is 7.53. The lowest BCUT2D eigenvalue weighted by Crippen LogP contribution is -2.44. The number of halogens is 2. The molecule has 20 heavy (non-hydrogen) atoms. The van der Waals surface area contributed by atoms with Gasteiger partial charge >= 0.3 is 0 Å². The van der Waals surface area contributed by atoms with Crippen molar-refractivity contribution in [3.63, 3.8) is 0 Å². The molecule has 0 unspecified atom stereocenters. The Morgan fingerprint density at radius 1 is 1.35 bits per heavy atom. The van der Waals surface area contributed by atoms with Crippen molar-refractivity contribution in [2.24, 2.45) is 5.73 Å². The molecule has 0 radical (unpaired) electrons. The minimum absolute atomic E-state index is 0. The van der Waals surface area contributed by atoms with Gasteiger partial charge in [-0.3, -0.25) is 0 Å². The normalized spacial score (nSPS) is 16.3. The molecule has 4 nitrogen and oxygen atoms in total. The van der Waals surface area contributed by atoms with Crippen LogP contribution in [-0.2, 0) is 11.3 Å². The number of aromatic nitrogens is 2. The fraction of sp³-hybridized carbons (Fsp3) is 0.385. The van der Waals surface area contributed by atoms with Crippen molar-refractivity contribution in [2.75, 3.05) is 0 Å². The fourth-order valence-corrected chi connectivity index (χ4v) is 3.07. The van der Waals surface area contributed by atoms with Crippen LogP contribution < -0.4 is 5.73 Å². The summed E-state index contributed by atoms with van der Waals surface area (Å²) in [4.78, 5) is 5.39.